The molecule has 0 aliphatic rings. The molecular weight excluding hydrogens is 344 g/mol. The second kappa shape index (κ2) is 6.87. The van der Waals surface area contributed by atoms with Gasteiger partial charge in [0, 0.05) is 5.02 Å². The number of halogens is 1. The average molecular weight is 357 g/mol. The number of nitrogens with zero attached hydrogens (tertiary/aromatic N) is 3. The standard InChI is InChI=1S/C17H13ClN4OS/c1-11-5-6-14(8-15(11)18)20-17-22(16(23)21-24-17)10-13-4-2-3-12(7-13)9-19/h2-8H,10H2,1H3,(H,21,23). The molecule has 120 valence electrons. The highest BCUT2D eigenvalue weighted by molar-refractivity contribution is 7.02. The fourth-order valence-corrected chi connectivity index (χ4v) is 3.06. The van der Waals surface area contributed by atoms with Crippen LogP contribution >= 0.6 is 23.1 Å². The first-order chi connectivity index (χ1) is 11.6. The van der Waals surface area contributed by atoms with E-state index in [1.807, 2.05) is 25.1 Å². The minimum atomic E-state index is -0.237. The molecule has 0 bridgehead atoms. The van der Waals surface area contributed by atoms with Gasteiger partial charge < -0.3 is 0 Å². The highest BCUT2D eigenvalue weighted by Gasteiger charge is 2.05. The molecular formula is C17H13ClN4OS. The van der Waals surface area contributed by atoms with E-state index in [0.717, 1.165) is 22.7 Å². The molecule has 0 atom stereocenters. The number of aryl methyl sites for hydroxylation is 1. The maximum absolute atomic E-state index is 12.1. The van der Waals surface area contributed by atoms with E-state index >= 15 is 0 Å². The fourth-order valence-electron chi connectivity index (χ4n) is 2.19. The first kappa shape index (κ1) is 16.2. The second-order valence-electron chi connectivity index (χ2n) is 5.24. The summed E-state index contributed by atoms with van der Waals surface area (Å²) in [5.41, 5.74) is 2.84. The Morgan fingerprint density at radius 1 is 1.33 bits per heavy atom. The van der Waals surface area contributed by atoms with E-state index in [4.69, 9.17) is 16.9 Å². The SMILES string of the molecule is Cc1ccc(N=c2s[nH]c(=O)n2Cc2cccc(C#N)c2)cc1Cl. The van der Waals surface area contributed by atoms with E-state index in [1.54, 1.807) is 24.3 Å². The van der Waals surface area contributed by atoms with Crippen LogP contribution < -0.4 is 10.5 Å². The van der Waals surface area contributed by atoms with Gasteiger partial charge in [-0.2, -0.15) is 5.26 Å². The largest absolute Gasteiger partial charge is 0.337 e. The van der Waals surface area contributed by atoms with Crippen molar-refractivity contribution >= 4 is 28.8 Å². The normalized spacial score (nSPS) is 11.5. The summed E-state index contributed by atoms with van der Waals surface area (Å²) in [4.78, 5) is 17.1. The number of benzene rings is 2. The molecule has 0 aliphatic heterocycles. The van der Waals surface area contributed by atoms with Gasteiger partial charge in [-0.25, -0.2) is 9.79 Å². The lowest BCUT2D eigenvalue weighted by atomic mass is 10.1. The van der Waals surface area contributed by atoms with Gasteiger partial charge in [0.1, 0.15) is 0 Å². The fraction of sp³-hybridized carbons (Fsp3) is 0.118. The summed E-state index contributed by atoms with van der Waals surface area (Å²) in [5, 5.41) is 9.62. The molecule has 0 saturated heterocycles. The van der Waals surface area contributed by atoms with Gasteiger partial charge in [0.2, 0.25) is 4.80 Å². The van der Waals surface area contributed by atoms with E-state index in [1.165, 1.54) is 4.57 Å². The molecule has 3 rings (SSSR count). The first-order valence-corrected chi connectivity index (χ1v) is 8.34. The Morgan fingerprint density at radius 3 is 2.92 bits per heavy atom. The number of rotatable bonds is 3. The predicted molar refractivity (Wildman–Crippen MR) is 94.6 cm³/mol. The number of aromatic amines is 1. The van der Waals surface area contributed by atoms with Crippen LogP contribution in [-0.2, 0) is 6.54 Å². The Balaban J connectivity index is 2.02. The van der Waals surface area contributed by atoms with Crippen LogP contribution in [0.1, 0.15) is 16.7 Å². The summed E-state index contributed by atoms with van der Waals surface area (Å²) >= 11 is 7.29. The molecule has 0 aliphatic carbocycles. The Morgan fingerprint density at radius 2 is 2.17 bits per heavy atom. The van der Waals surface area contributed by atoms with Crippen LogP contribution in [0.15, 0.2) is 52.3 Å². The van der Waals surface area contributed by atoms with E-state index < -0.39 is 0 Å². The molecule has 1 N–H and O–H groups in total. The van der Waals surface area contributed by atoms with Crippen molar-refractivity contribution in [2.24, 2.45) is 4.99 Å². The molecule has 1 aromatic heterocycles. The molecule has 0 radical (unpaired) electrons. The van der Waals surface area contributed by atoms with Gasteiger partial charge in [-0.15, -0.1) is 0 Å². The van der Waals surface area contributed by atoms with Gasteiger partial charge in [0.15, 0.2) is 0 Å². The third-order valence-corrected chi connectivity index (χ3v) is 4.66. The summed E-state index contributed by atoms with van der Waals surface area (Å²) in [6.07, 6.45) is 0. The molecule has 1 heterocycles. The highest BCUT2D eigenvalue weighted by Crippen LogP contribution is 2.21. The van der Waals surface area contributed by atoms with Crippen LogP contribution in [0.25, 0.3) is 0 Å². The van der Waals surface area contributed by atoms with Crippen molar-refractivity contribution in [3.8, 4) is 6.07 Å². The topological polar surface area (TPSA) is 73.9 Å². The highest BCUT2D eigenvalue weighted by atomic mass is 35.5. The summed E-state index contributed by atoms with van der Waals surface area (Å²) in [6.45, 7) is 2.26. The van der Waals surface area contributed by atoms with Crippen LogP contribution in [0, 0.1) is 18.3 Å². The molecule has 0 amide bonds. The summed E-state index contributed by atoms with van der Waals surface area (Å²) in [7, 11) is 0. The van der Waals surface area contributed by atoms with Crippen LogP contribution in [0.5, 0.6) is 0 Å². The van der Waals surface area contributed by atoms with Crippen LogP contribution in [0.2, 0.25) is 5.02 Å². The van der Waals surface area contributed by atoms with Crippen LogP contribution in [0.4, 0.5) is 5.69 Å². The molecule has 5 nitrogen and oxygen atoms in total. The zero-order chi connectivity index (χ0) is 17.1. The molecule has 24 heavy (non-hydrogen) atoms. The van der Waals surface area contributed by atoms with Crippen molar-refractivity contribution < 1.29 is 0 Å². The Bertz CT molecular complexity index is 1060. The molecule has 0 fully saturated rings. The molecule has 0 spiro atoms. The molecule has 2 aromatic carbocycles. The van der Waals surface area contributed by atoms with E-state index in [0.29, 0.717) is 27.6 Å². The number of H-pyrrole nitrogens is 1. The minimum Gasteiger partial charge on any atom is -0.263 e. The van der Waals surface area contributed by atoms with Crippen molar-refractivity contribution in [3.63, 3.8) is 0 Å². The van der Waals surface area contributed by atoms with Gasteiger partial charge in [-0.1, -0.05) is 29.8 Å². The zero-order valence-electron chi connectivity index (χ0n) is 12.8. The number of nitriles is 1. The lowest BCUT2D eigenvalue weighted by Gasteiger charge is -2.03. The molecule has 7 heteroatoms. The maximum Gasteiger partial charge on any atom is 0.337 e. The third kappa shape index (κ3) is 3.48. The van der Waals surface area contributed by atoms with Crippen molar-refractivity contribution in [2.75, 3.05) is 0 Å². The maximum atomic E-state index is 12.1. The summed E-state index contributed by atoms with van der Waals surface area (Å²) < 4.78 is 4.23. The monoisotopic (exact) mass is 356 g/mol. The number of nitrogens with one attached hydrogen (secondary N) is 1. The lowest BCUT2D eigenvalue weighted by Crippen LogP contribution is -2.27. The second-order valence-corrected chi connectivity index (χ2v) is 6.42. The Kier molecular flexibility index (Phi) is 4.65. The number of aromatic nitrogens is 2. The Hall–Kier alpha value is -2.62. The van der Waals surface area contributed by atoms with Gasteiger partial charge in [0.05, 0.1) is 23.9 Å². The molecule has 3 aromatic rings. The molecule has 0 unspecified atom stereocenters. The van der Waals surface area contributed by atoms with Crippen molar-refractivity contribution in [2.45, 2.75) is 13.5 Å². The zero-order valence-corrected chi connectivity index (χ0v) is 14.4. The van der Waals surface area contributed by atoms with E-state index in [2.05, 4.69) is 15.4 Å². The summed E-state index contributed by atoms with van der Waals surface area (Å²) in [5.74, 6) is 0. The smallest absolute Gasteiger partial charge is 0.263 e. The quantitative estimate of drug-likeness (QED) is 0.781. The van der Waals surface area contributed by atoms with Gasteiger partial charge in [-0.05, 0) is 53.8 Å². The number of hydrogen-bond acceptors (Lipinski definition) is 4. The average Bonchev–Trinajstić information content (AvgIpc) is 2.91. The first-order valence-electron chi connectivity index (χ1n) is 7.15. The summed E-state index contributed by atoms with van der Waals surface area (Å²) in [6, 6.07) is 14.8. The number of hydrogen-bond donors (Lipinski definition) is 1. The predicted octanol–water partition coefficient (Wildman–Crippen LogP) is 3.35. The van der Waals surface area contributed by atoms with E-state index in [9.17, 15) is 4.79 Å². The minimum absolute atomic E-state index is 0.237. The van der Waals surface area contributed by atoms with Crippen molar-refractivity contribution in [3.05, 3.63) is 79.5 Å². The van der Waals surface area contributed by atoms with Crippen molar-refractivity contribution in [1.82, 2.24) is 8.94 Å². The van der Waals surface area contributed by atoms with Gasteiger partial charge >= 0.3 is 5.69 Å². The third-order valence-electron chi connectivity index (χ3n) is 3.48. The van der Waals surface area contributed by atoms with Crippen LogP contribution in [-0.4, -0.2) is 8.94 Å². The molecule has 0 saturated carbocycles. The van der Waals surface area contributed by atoms with Gasteiger partial charge in [-0.3, -0.25) is 8.94 Å². The van der Waals surface area contributed by atoms with Gasteiger partial charge in [0.25, 0.3) is 0 Å². The van der Waals surface area contributed by atoms with Crippen molar-refractivity contribution in [1.29, 1.82) is 5.26 Å². The van der Waals surface area contributed by atoms with E-state index in [-0.39, 0.29) is 5.69 Å². The van der Waals surface area contributed by atoms with Crippen LogP contribution in [0.3, 0.4) is 0 Å². The Labute approximate surface area is 147 Å². The lowest BCUT2D eigenvalue weighted by molar-refractivity contribution is 0.727.